The van der Waals surface area contributed by atoms with Crippen molar-refractivity contribution in [2.24, 2.45) is 0 Å². The molecule has 0 aromatic carbocycles. The van der Waals surface area contributed by atoms with Crippen molar-refractivity contribution in [2.75, 3.05) is 6.61 Å². The Balaban J connectivity index is 1.87. The fraction of sp³-hybridized carbons (Fsp3) is 1.00. The van der Waals surface area contributed by atoms with Crippen LogP contribution < -0.4 is 0 Å². The molecule has 0 aliphatic carbocycles. The first kappa shape index (κ1) is 14.2. The average Bonchev–Trinajstić information content (AvgIpc) is 2.37. The lowest BCUT2D eigenvalue weighted by molar-refractivity contribution is -0.352. The maximum atomic E-state index is 9.86. The number of ether oxygens (including phenoxy) is 3. The molecule has 3 N–H and O–H groups in total. The number of fused-ring (bicyclic) bond motifs is 1. The molecule has 2 fully saturated rings. The van der Waals surface area contributed by atoms with Gasteiger partial charge in [-0.05, 0) is 12.8 Å². The SMILES string of the molecule is CCCCCC1OC[C@H]2OC(O)[C@H](O)[C@@H](O)[C@@H]2O1. The Morgan fingerprint density at radius 1 is 1.06 bits per heavy atom. The fourth-order valence-corrected chi connectivity index (χ4v) is 2.35. The van der Waals surface area contributed by atoms with Crippen LogP contribution in [0.25, 0.3) is 0 Å². The third kappa shape index (κ3) is 3.01. The van der Waals surface area contributed by atoms with E-state index in [1.54, 1.807) is 0 Å². The van der Waals surface area contributed by atoms with Gasteiger partial charge in [0.2, 0.25) is 0 Å². The van der Waals surface area contributed by atoms with E-state index in [4.69, 9.17) is 14.2 Å². The van der Waals surface area contributed by atoms with E-state index < -0.39 is 30.7 Å². The monoisotopic (exact) mass is 262 g/mol. The van der Waals surface area contributed by atoms with E-state index >= 15 is 0 Å². The molecule has 18 heavy (non-hydrogen) atoms. The van der Waals surface area contributed by atoms with Crippen LogP contribution in [-0.2, 0) is 14.2 Å². The fourth-order valence-electron chi connectivity index (χ4n) is 2.35. The first-order valence-corrected chi connectivity index (χ1v) is 6.60. The third-order valence-electron chi connectivity index (χ3n) is 3.46. The molecule has 0 aromatic rings. The zero-order valence-corrected chi connectivity index (χ0v) is 10.6. The van der Waals surface area contributed by atoms with Gasteiger partial charge in [-0.1, -0.05) is 19.8 Å². The second-order valence-electron chi connectivity index (χ2n) is 4.91. The van der Waals surface area contributed by atoms with E-state index in [1.807, 2.05) is 0 Å². The highest BCUT2D eigenvalue weighted by atomic mass is 16.7. The molecule has 106 valence electrons. The molecule has 6 nitrogen and oxygen atoms in total. The van der Waals surface area contributed by atoms with Gasteiger partial charge < -0.3 is 29.5 Å². The maximum Gasteiger partial charge on any atom is 0.184 e. The van der Waals surface area contributed by atoms with Crippen molar-refractivity contribution in [1.82, 2.24) is 0 Å². The van der Waals surface area contributed by atoms with Gasteiger partial charge in [0.1, 0.15) is 24.4 Å². The predicted octanol–water partition coefficient (Wildman–Crippen LogP) is -0.253. The van der Waals surface area contributed by atoms with Crippen molar-refractivity contribution < 1.29 is 29.5 Å². The molecular formula is C12H22O6. The van der Waals surface area contributed by atoms with Crippen molar-refractivity contribution >= 4 is 0 Å². The number of hydrogen-bond acceptors (Lipinski definition) is 6. The van der Waals surface area contributed by atoms with E-state index in [9.17, 15) is 15.3 Å². The van der Waals surface area contributed by atoms with Gasteiger partial charge in [0.05, 0.1) is 6.61 Å². The zero-order valence-electron chi connectivity index (χ0n) is 10.6. The Morgan fingerprint density at radius 2 is 1.83 bits per heavy atom. The predicted molar refractivity (Wildman–Crippen MR) is 61.6 cm³/mol. The van der Waals surface area contributed by atoms with E-state index in [-0.39, 0.29) is 12.9 Å². The topological polar surface area (TPSA) is 88.4 Å². The van der Waals surface area contributed by atoms with Crippen LogP contribution in [0, 0.1) is 0 Å². The van der Waals surface area contributed by atoms with Crippen LogP contribution in [0.1, 0.15) is 32.6 Å². The highest BCUT2D eigenvalue weighted by molar-refractivity contribution is 4.91. The van der Waals surface area contributed by atoms with Crippen LogP contribution >= 0.6 is 0 Å². The molecule has 0 aromatic heterocycles. The summed E-state index contributed by atoms with van der Waals surface area (Å²) in [6.45, 7) is 2.39. The molecule has 0 bridgehead atoms. The normalized spacial score (nSPS) is 44.7. The summed E-state index contributed by atoms with van der Waals surface area (Å²) in [5, 5.41) is 28.8. The van der Waals surface area contributed by atoms with Gasteiger partial charge in [-0.25, -0.2) is 0 Å². The van der Waals surface area contributed by atoms with Crippen LogP contribution in [0.5, 0.6) is 0 Å². The lowest BCUT2D eigenvalue weighted by Crippen LogP contribution is -2.62. The van der Waals surface area contributed by atoms with Crippen LogP contribution in [0.15, 0.2) is 0 Å². The number of rotatable bonds is 4. The van der Waals surface area contributed by atoms with Crippen molar-refractivity contribution in [2.45, 2.75) is 69.6 Å². The second-order valence-corrected chi connectivity index (χ2v) is 4.91. The largest absolute Gasteiger partial charge is 0.387 e. The Bertz CT molecular complexity index is 259. The highest BCUT2D eigenvalue weighted by Gasteiger charge is 2.47. The van der Waals surface area contributed by atoms with Gasteiger partial charge in [-0.15, -0.1) is 0 Å². The van der Waals surface area contributed by atoms with Crippen LogP contribution in [0.3, 0.4) is 0 Å². The Labute approximate surface area is 106 Å². The van der Waals surface area contributed by atoms with E-state index in [0.717, 1.165) is 25.7 Å². The first-order chi connectivity index (χ1) is 8.63. The summed E-state index contributed by atoms with van der Waals surface area (Å²) in [5.41, 5.74) is 0. The van der Waals surface area contributed by atoms with Gasteiger partial charge in [-0.3, -0.25) is 0 Å². The third-order valence-corrected chi connectivity index (χ3v) is 3.46. The maximum absolute atomic E-state index is 9.86. The van der Waals surface area contributed by atoms with Crippen molar-refractivity contribution in [3.63, 3.8) is 0 Å². The molecule has 0 radical (unpaired) electrons. The van der Waals surface area contributed by atoms with Crippen LogP contribution in [0.2, 0.25) is 0 Å². The minimum Gasteiger partial charge on any atom is -0.387 e. The highest BCUT2D eigenvalue weighted by Crippen LogP contribution is 2.28. The second kappa shape index (κ2) is 6.27. The molecule has 0 saturated carbocycles. The Kier molecular flexibility index (Phi) is 4.94. The summed E-state index contributed by atoms with van der Waals surface area (Å²) in [6.07, 6.45) is -1.39. The molecule has 0 amide bonds. The van der Waals surface area contributed by atoms with Crippen molar-refractivity contribution in [3.8, 4) is 0 Å². The quantitative estimate of drug-likeness (QED) is 0.605. The van der Waals surface area contributed by atoms with Gasteiger partial charge in [0, 0.05) is 0 Å². The van der Waals surface area contributed by atoms with Crippen LogP contribution in [-0.4, -0.2) is 58.9 Å². The number of hydrogen-bond donors (Lipinski definition) is 3. The van der Waals surface area contributed by atoms with Gasteiger partial charge >= 0.3 is 0 Å². The number of aliphatic hydroxyl groups excluding tert-OH is 3. The summed E-state index contributed by atoms with van der Waals surface area (Å²) < 4.78 is 16.2. The number of aliphatic hydroxyl groups is 3. The van der Waals surface area contributed by atoms with E-state index in [2.05, 4.69) is 6.92 Å². The first-order valence-electron chi connectivity index (χ1n) is 6.60. The summed E-state index contributed by atoms with van der Waals surface area (Å²) in [6, 6.07) is 0. The molecule has 6 atom stereocenters. The smallest absolute Gasteiger partial charge is 0.184 e. The average molecular weight is 262 g/mol. The van der Waals surface area contributed by atoms with E-state index in [0.29, 0.717) is 0 Å². The molecule has 2 rings (SSSR count). The zero-order chi connectivity index (χ0) is 13.1. The van der Waals surface area contributed by atoms with E-state index in [1.165, 1.54) is 0 Å². The molecule has 2 heterocycles. The number of unbranched alkanes of at least 4 members (excludes halogenated alkanes) is 2. The van der Waals surface area contributed by atoms with Crippen molar-refractivity contribution in [1.29, 1.82) is 0 Å². The molecule has 2 saturated heterocycles. The Hall–Kier alpha value is -0.240. The molecule has 6 heteroatoms. The summed E-state index contributed by atoms with van der Waals surface area (Å²) in [5.74, 6) is 0. The lowest BCUT2D eigenvalue weighted by Gasteiger charge is -2.45. The molecule has 0 spiro atoms. The molecule has 2 aliphatic rings. The Morgan fingerprint density at radius 3 is 2.56 bits per heavy atom. The minimum atomic E-state index is -1.38. The lowest BCUT2D eigenvalue weighted by atomic mass is 9.98. The minimum absolute atomic E-state index is 0.266. The van der Waals surface area contributed by atoms with Gasteiger partial charge in [0.25, 0.3) is 0 Å². The standard InChI is InChI=1S/C12H22O6/c1-2-3-4-5-8-16-6-7-11(18-8)9(13)10(14)12(15)17-7/h7-15H,2-6H2,1H3/t7-,8?,9-,10-,11-,12?/m1/s1. The summed E-state index contributed by atoms with van der Waals surface area (Å²) >= 11 is 0. The van der Waals surface area contributed by atoms with Gasteiger partial charge in [0.15, 0.2) is 12.6 Å². The van der Waals surface area contributed by atoms with Crippen LogP contribution in [0.4, 0.5) is 0 Å². The summed E-state index contributed by atoms with van der Waals surface area (Å²) in [4.78, 5) is 0. The molecule has 2 aliphatic heterocycles. The van der Waals surface area contributed by atoms with Gasteiger partial charge in [-0.2, -0.15) is 0 Å². The molecule has 2 unspecified atom stereocenters. The van der Waals surface area contributed by atoms with Crippen molar-refractivity contribution in [3.05, 3.63) is 0 Å². The molecular weight excluding hydrogens is 240 g/mol. The summed E-state index contributed by atoms with van der Waals surface area (Å²) in [7, 11) is 0.